The number of aromatic nitrogens is 3. The number of nitrogens with zero attached hydrogens (tertiary/aromatic N) is 2. The van der Waals surface area contributed by atoms with Crippen molar-refractivity contribution in [2.75, 3.05) is 5.32 Å². The van der Waals surface area contributed by atoms with E-state index in [1.807, 2.05) is 55.6 Å². The van der Waals surface area contributed by atoms with Gasteiger partial charge in [-0.2, -0.15) is 5.10 Å². The number of nitrogens with one attached hydrogen (secondary N) is 2. The number of hydrogen-bond acceptors (Lipinski definition) is 4. The summed E-state index contributed by atoms with van der Waals surface area (Å²) < 4.78 is 6.05. The quantitative estimate of drug-likeness (QED) is 0.284. The second kappa shape index (κ2) is 10.5. The number of anilines is 1. The van der Waals surface area contributed by atoms with Gasteiger partial charge in [0.15, 0.2) is 5.58 Å². The largest absolute Gasteiger partial charge is 0.436 e. The Morgan fingerprint density at radius 3 is 2.43 bits per heavy atom. The first-order valence-electron chi connectivity index (χ1n) is 14.0. The van der Waals surface area contributed by atoms with Crippen LogP contribution in [0.15, 0.2) is 53.1 Å². The second-order valence-electron chi connectivity index (χ2n) is 11.0. The fourth-order valence-electron chi connectivity index (χ4n) is 6.60. The molecular formula is C31H36N4O2. The maximum Gasteiger partial charge on any atom is 0.231 e. The zero-order valence-corrected chi connectivity index (χ0v) is 21.6. The Balaban J connectivity index is 1.26. The molecular weight excluding hydrogens is 460 g/mol. The van der Waals surface area contributed by atoms with Gasteiger partial charge in [0, 0.05) is 23.4 Å². The van der Waals surface area contributed by atoms with Crippen molar-refractivity contribution in [2.45, 2.75) is 71.1 Å². The lowest BCUT2D eigenvalue weighted by molar-refractivity contribution is -0.124. The first kappa shape index (κ1) is 24.0. The maximum absolute atomic E-state index is 13.8. The number of rotatable bonds is 6. The highest BCUT2D eigenvalue weighted by atomic mass is 16.3. The fraction of sp³-hybridized carbons (Fsp3) is 0.452. The van der Waals surface area contributed by atoms with Crippen molar-refractivity contribution in [1.82, 2.24) is 15.2 Å². The van der Waals surface area contributed by atoms with Crippen LogP contribution in [-0.2, 0) is 4.79 Å². The molecule has 0 atom stereocenters. The molecule has 0 spiro atoms. The van der Waals surface area contributed by atoms with Crippen LogP contribution >= 0.6 is 0 Å². The van der Waals surface area contributed by atoms with Crippen LogP contribution in [0.1, 0.15) is 69.8 Å². The van der Waals surface area contributed by atoms with Crippen LogP contribution < -0.4 is 5.32 Å². The molecule has 2 saturated carbocycles. The predicted molar refractivity (Wildman–Crippen MR) is 147 cm³/mol. The number of amides is 1. The van der Waals surface area contributed by atoms with Crippen molar-refractivity contribution in [2.24, 2.45) is 17.8 Å². The number of aryl methyl sites for hydroxylation is 1. The molecule has 2 heterocycles. The smallest absolute Gasteiger partial charge is 0.231 e. The highest BCUT2D eigenvalue weighted by Crippen LogP contribution is 2.41. The summed E-state index contributed by atoms with van der Waals surface area (Å²) in [5.74, 6) is 1.89. The number of carbonyl (C=O) groups is 1. The summed E-state index contributed by atoms with van der Waals surface area (Å²) in [5, 5.41) is 10.8. The third kappa shape index (κ3) is 5.07. The van der Waals surface area contributed by atoms with Crippen LogP contribution in [0.5, 0.6) is 0 Å². The van der Waals surface area contributed by atoms with E-state index in [9.17, 15) is 4.79 Å². The van der Waals surface area contributed by atoms with Crippen LogP contribution in [0.4, 0.5) is 5.69 Å². The van der Waals surface area contributed by atoms with Crippen molar-refractivity contribution in [1.29, 1.82) is 0 Å². The standard InChI is InChI=1S/C31H36N4O2/c1-20-15-16-27-26(17-20)34-31(37-27)25-19-32-35-29(25)23-13-8-14-24(18-23)33-30(36)28(21-9-4-2-5-10-21)22-11-6-3-7-12-22/h8,13-19,21-22,28H,2-7,9-12H2,1H3,(H,32,35)(H,33,36). The molecule has 2 aromatic heterocycles. The summed E-state index contributed by atoms with van der Waals surface area (Å²) in [6.07, 6.45) is 14.2. The maximum atomic E-state index is 13.8. The lowest BCUT2D eigenvalue weighted by atomic mass is 9.69. The van der Waals surface area contributed by atoms with Gasteiger partial charge in [-0.05, 0) is 74.3 Å². The normalized spacial score (nSPS) is 17.5. The van der Waals surface area contributed by atoms with E-state index in [4.69, 9.17) is 9.40 Å². The minimum atomic E-state index is 0.119. The topological polar surface area (TPSA) is 83.8 Å². The molecule has 4 aromatic rings. The number of aromatic amines is 1. The lowest BCUT2D eigenvalue weighted by Crippen LogP contribution is -2.37. The van der Waals surface area contributed by atoms with Gasteiger partial charge in [-0.1, -0.05) is 56.7 Å². The molecule has 6 heteroatoms. The molecule has 1 amide bonds. The SMILES string of the molecule is Cc1ccc2oc(-c3c[nH]nc3-c3cccc(NC(=O)C(C4CCCCC4)C4CCCCC4)c3)nc2c1. The van der Waals surface area contributed by atoms with E-state index in [0.29, 0.717) is 17.7 Å². The lowest BCUT2D eigenvalue weighted by Gasteiger charge is -2.36. The molecule has 2 aromatic carbocycles. The highest BCUT2D eigenvalue weighted by Gasteiger charge is 2.36. The number of benzene rings is 2. The molecule has 2 fully saturated rings. The predicted octanol–water partition coefficient (Wildman–Crippen LogP) is 7.91. The molecule has 6 nitrogen and oxygen atoms in total. The van der Waals surface area contributed by atoms with Gasteiger partial charge in [0.05, 0.1) is 5.56 Å². The van der Waals surface area contributed by atoms with Gasteiger partial charge in [-0.25, -0.2) is 4.98 Å². The van der Waals surface area contributed by atoms with Gasteiger partial charge in [-0.15, -0.1) is 0 Å². The first-order valence-corrected chi connectivity index (χ1v) is 14.0. The highest BCUT2D eigenvalue weighted by molar-refractivity contribution is 5.94. The van der Waals surface area contributed by atoms with E-state index in [-0.39, 0.29) is 11.8 Å². The Labute approximate surface area is 218 Å². The minimum absolute atomic E-state index is 0.119. The number of carbonyl (C=O) groups excluding carboxylic acids is 1. The molecule has 0 aliphatic heterocycles. The molecule has 2 aliphatic rings. The summed E-state index contributed by atoms with van der Waals surface area (Å²) in [7, 11) is 0. The van der Waals surface area contributed by atoms with E-state index in [1.165, 1.54) is 64.2 Å². The van der Waals surface area contributed by atoms with Crippen LogP contribution in [-0.4, -0.2) is 21.1 Å². The molecule has 0 bridgehead atoms. The molecule has 0 saturated heterocycles. The van der Waals surface area contributed by atoms with Gasteiger partial charge in [0.1, 0.15) is 11.2 Å². The van der Waals surface area contributed by atoms with E-state index >= 15 is 0 Å². The molecule has 2 aliphatic carbocycles. The Bertz CT molecular complexity index is 1360. The summed E-state index contributed by atoms with van der Waals surface area (Å²) in [4.78, 5) is 18.5. The number of oxazole rings is 1. The van der Waals surface area contributed by atoms with Gasteiger partial charge in [0.2, 0.25) is 11.8 Å². The van der Waals surface area contributed by atoms with Crippen LogP contribution in [0.25, 0.3) is 33.8 Å². The number of fused-ring (bicyclic) bond motifs is 1. The zero-order valence-electron chi connectivity index (χ0n) is 21.6. The van der Waals surface area contributed by atoms with E-state index < -0.39 is 0 Å². The van der Waals surface area contributed by atoms with E-state index in [2.05, 4.69) is 15.5 Å². The van der Waals surface area contributed by atoms with Crippen LogP contribution in [0.3, 0.4) is 0 Å². The fourth-order valence-corrected chi connectivity index (χ4v) is 6.60. The molecule has 0 unspecified atom stereocenters. The van der Waals surface area contributed by atoms with Crippen molar-refractivity contribution in [3.63, 3.8) is 0 Å². The van der Waals surface area contributed by atoms with Gasteiger partial charge >= 0.3 is 0 Å². The molecule has 6 rings (SSSR count). The van der Waals surface area contributed by atoms with Gasteiger partial charge < -0.3 is 9.73 Å². The zero-order chi connectivity index (χ0) is 25.2. The van der Waals surface area contributed by atoms with Crippen molar-refractivity contribution in [3.05, 3.63) is 54.2 Å². The Kier molecular flexibility index (Phi) is 6.81. The summed E-state index contributed by atoms with van der Waals surface area (Å²) in [6, 6.07) is 14.0. The molecule has 0 radical (unpaired) electrons. The van der Waals surface area contributed by atoms with E-state index in [0.717, 1.165) is 39.2 Å². The number of H-pyrrole nitrogens is 1. The monoisotopic (exact) mass is 496 g/mol. The average molecular weight is 497 g/mol. The van der Waals surface area contributed by atoms with Crippen LogP contribution in [0, 0.1) is 24.7 Å². The van der Waals surface area contributed by atoms with E-state index in [1.54, 1.807) is 0 Å². The Morgan fingerprint density at radius 2 is 1.70 bits per heavy atom. The van der Waals surface area contributed by atoms with Gasteiger partial charge in [0.25, 0.3) is 0 Å². The van der Waals surface area contributed by atoms with Crippen molar-refractivity contribution in [3.8, 4) is 22.7 Å². The minimum Gasteiger partial charge on any atom is -0.436 e. The molecule has 2 N–H and O–H groups in total. The van der Waals surface area contributed by atoms with Crippen molar-refractivity contribution < 1.29 is 9.21 Å². The molecule has 192 valence electrons. The van der Waals surface area contributed by atoms with Gasteiger partial charge in [-0.3, -0.25) is 9.89 Å². The number of hydrogen-bond donors (Lipinski definition) is 2. The molecule has 37 heavy (non-hydrogen) atoms. The average Bonchev–Trinajstić information content (AvgIpc) is 3.57. The first-order chi connectivity index (χ1) is 18.2. The summed E-state index contributed by atoms with van der Waals surface area (Å²) >= 11 is 0. The third-order valence-electron chi connectivity index (χ3n) is 8.44. The summed E-state index contributed by atoms with van der Waals surface area (Å²) in [5.41, 5.74) is 6.03. The third-order valence-corrected chi connectivity index (χ3v) is 8.44. The Morgan fingerprint density at radius 1 is 0.973 bits per heavy atom. The van der Waals surface area contributed by atoms with Crippen molar-refractivity contribution >= 4 is 22.7 Å². The van der Waals surface area contributed by atoms with Crippen LogP contribution in [0.2, 0.25) is 0 Å². The Hall–Kier alpha value is -3.41. The summed E-state index contributed by atoms with van der Waals surface area (Å²) in [6.45, 7) is 2.05. The second-order valence-corrected chi connectivity index (χ2v) is 11.0.